The van der Waals surface area contributed by atoms with Crippen LogP contribution in [0.25, 0.3) is 0 Å². The van der Waals surface area contributed by atoms with Gasteiger partial charge in [-0.3, -0.25) is 4.79 Å². The van der Waals surface area contributed by atoms with E-state index in [9.17, 15) is 4.79 Å². The standard InChI is InChI=1S/C21H18N4O3/c1-27-17-7-9-20(28-2)19(11-17)24-16-6-8-18(23-13-16)21(26)25-15-5-3-4-14(10-15)12-22/h3-11,13,24H,1-2H3,(H,25,26). The van der Waals surface area contributed by atoms with Crippen LogP contribution >= 0.6 is 0 Å². The number of amides is 1. The number of nitriles is 1. The van der Waals surface area contributed by atoms with E-state index in [0.717, 1.165) is 0 Å². The van der Waals surface area contributed by atoms with Crippen LogP contribution in [0.5, 0.6) is 11.5 Å². The van der Waals surface area contributed by atoms with Gasteiger partial charge in [0.1, 0.15) is 17.2 Å². The molecule has 3 rings (SSSR count). The third-order valence-electron chi connectivity index (χ3n) is 3.93. The Morgan fingerprint density at radius 3 is 2.57 bits per heavy atom. The predicted molar refractivity (Wildman–Crippen MR) is 106 cm³/mol. The SMILES string of the molecule is COc1ccc(OC)c(Nc2ccc(C(=O)Nc3cccc(C#N)c3)nc2)c1. The molecule has 1 aromatic heterocycles. The highest BCUT2D eigenvalue weighted by atomic mass is 16.5. The summed E-state index contributed by atoms with van der Waals surface area (Å²) < 4.78 is 10.6. The number of carbonyl (C=O) groups is 1. The molecule has 28 heavy (non-hydrogen) atoms. The molecule has 7 nitrogen and oxygen atoms in total. The van der Waals surface area contributed by atoms with Gasteiger partial charge in [0.05, 0.1) is 43.4 Å². The van der Waals surface area contributed by atoms with Crippen LogP contribution in [0.1, 0.15) is 16.1 Å². The summed E-state index contributed by atoms with van der Waals surface area (Å²) in [7, 11) is 3.17. The average Bonchev–Trinajstić information content (AvgIpc) is 2.74. The number of carbonyl (C=O) groups excluding carboxylic acids is 1. The first kappa shape index (κ1) is 18.7. The zero-order chi connectivity index (χ0) is 19.9. The Bertz CT molecular complexity index is 1030. The largest absolute Gasteiger partial charge is 0.497 e. The number of anilines is 3. The molecule has 0 radical (unpaired) electrons. The van der Waals surface area contributed by atoms with Gasteiger partial charge in [-0.05, 0) is 42.5 Å². The van der Waals surface area contributed by atoms with E-state index in [1.54, 1.807) is 68.9 Å². The molecule has 0 fully saturated rings. The minimum atomic E-state index is -0.361. The lowest BCUT2D eigenvalue weighted by Gasteiger charge is -2.12. The molecule has 0 atom stereocenters. The maximum atomic E-state index is 12.4. The quantitative estimate of drug-likeness (QED) is 0.678. The third kappa shape index (κ3) is 4.37. The smallest absolute Gasteiger partial charge is 0.274 e. The highest BCUT2D eigenvalue weighted by Gasteiger charge is 2.10. The molecule has 2 N–H and O–H groups in total. The second-order valence-electron chi connectivity index (χ2n) is 5.77. The van der Waals surface area contributed by atoms with Crippen molar-refractivity contribution in [3.63, 3.8) is 0 Å². The van der Waals surface area contributed by atoms with Gasteiger partial charge in [0.25, 0.3) is 5.91 Å². The molecular weight excluding hydrogens is 356 g/mol. The molecule has 0 aliphatic heterocycles. The minimum Gasteiger partial charge on any atom is -0.497 e. The molecule has 0 spiro atoms. The van der Waals surface area contributed by atoms with Gasteiger partial charge in [-0.25, -0.2) is 4.98 Å². The monoisotopic (exact) mass is 374 g/mol. The van der Waals surface area contributed by atoms with E-state index in [1.807, 2.05) is 12.1 Å². The number of hydrogen-bond acceptors (Lipinski definition) is 6. The molecule has 0 bridgehead atoms. The molecule has 7 heteroatoms. The van der Waals surface area contributed by atoms with E-state index in [-0.39, 0.29) is 11.6 Å². The Kier molecular flexibility index (Phi) is 5.72. The molecule has 0 saturated heterocycles. The molecule has 0 aliphatic carbocycles. The molecular formula is C21H18N4O3. The van der Waals surface area contributed by atoms with Crippen LogP contribution in [0.4, 0.5) is 17.1 Å². The van der Waals surface area contributed by atoms with Crippen molar-refractivity contribution in [2.45, 2.75) is 0 Å². The van der Waals surface area contributed by atoms with Crippen molar-refractivity contribution >= 4 is 23.0 Å². The number of rotatable bonds is 6. The minimum absolute atomic E-state index is 0.255. The zero-order valence-corrected chi connectivity index (χ0v) is 15.4. The van der Waals surface area contributed by atoms with Crippen molar-refractivity contribution in [1.29, 1.82) is 5.26 Å². The normalized spacial score (nSPS) is 9.89. The Hall–Kier alpha value is -4.05. The van der Waals surface area contributed by atoms with Crippen LogP contribution in [0.15, 0.2) is 60.8 Å². The maximum Gasteiger partial charge on any atom is 0.274 e. The van der Waals surface area contributed by atoms with Gasteiger partial charge in [0.2, 0.25) is 0 Å². The summed E-state index contributed by atoms with van der Waals surface area (Å²) in [5, 5.41) is 14.9. The number of ether oxygens (including phenoxy) is 2. The van der Waals surface area contributed by atoms with E-state index in [1.165, 1.54) is 0 Å². The van der Waals surface area contributed by atoms with Crippen LogP contribution in [-0.4, -0.2) is 25.1 Å². The molecule has 0 saturated carbocycles. The highest BCUT2D eigenvalue weighted by Crippen LogP contribution is 2.31. The maximum absolute atomic E-state index is 12.4. The molecule has 0 aliphatic rings. The lowest BCUT2D eigenvalue weighted by atomic mass is 10.2. The fourth-order valence-electron chi connectivity index (χ4n) is 2.53. The second-order valence-corrected chi connectivity index (χ2v) is 5.77. The summed E-state index contributed by atoms with van der Waals surface area (Å²) in [5.41, 5.74) is 2.67. The van der Waals surface area contributed by atoms with Crippen molar-refractivity contribution in [1.82, 2.24) is 4.98 Å². The molecule has 2 aromatic carbocycles. The Morgan fingerprint density at radius 2 is 1.89 bits per heavy atom. The molecule has 0 unspecified atom stereocenters. The van der Waals surface area contributed by atoms with Gasteiger partial charge < -0.3 is 20.1 Å². The number of nitrogens with one attached hydrogen (secondary N) is 2. The van der Waals surface area contributed by atoms with Crippen LogP contribution in [0.3, 0.4) is 0 Å². The van der Waals surface area contributed by atoms with Crippen LogP contribution in [0.2, 0.25) is 0 Å². The van der Waals surface area contributed by atoms with Gasteiger partial charge in [-0.1, -0.05) is 6.07 Å². The summed E-state index contributed by atoms with van der Waals surface area (Å²) in [6.45, 7) is 0. The van der Waals surface area contributed by atoms with Crippen molar-refractivity contribution < 1.29 is 14.3 Å². The first-order chi connectivity index (χ1) is 13.6. The summed E-state index contributed by atoms with van der Waals surface area (Å²) in [4.78, 5) is 16.6. The lowest BCUT2D eigenvalue weighted by molar-refractivity contribution is 0.102. The van der Waals surface area contributed by atoms with Crippen molar-refractivity contribution in [3.05, 3.63) is 72.1 Å². The van der Waals surface area contributed by atoms with Crippen molar-refractivity contribution in [2.75, 3.05) is 24.9 Å². The number of aromatic nitrogens is 1. The summed E-state index contributed by atoms with van der Waals surface area (Å²) in [6, 6.07) is 17.5. The highest BCUT2D eigenvalue weighted by molar-refractivity contribution is 6.03. The van der Waals surface area contributed by atoms with Crippen LogP contribution in [-0.2, 0) is 0 Å². The lowest BCUT2D eigenvalue weighted by Crippen LogP contribution is -2.13. The van der Waals surface area contributed by atoms with Crippen molar-refractivity contribution in [2.24, 2.45) is 0 Å². The van der Waals surface area contributed by atoms with Crippen LogP contribution < -0.4 is 20.1 Å². The number of nitrogens with zero attached hydrogens (tertiary/aromatic N) is 2. The van der Waals surface area contributed by atoms with E-state index < -0.39 is 0 Å². The summed E-state index contributed by atoms with van der Waals surface area (Å²) in [5.74, 6) is 0.979. The van der Waals surface area contributed by atoms with Crippen molar-refractivity contribution in [3.8, 4) is 17.6 Å². The van der Waals surface area contributed by atoms with Gasteiger partial charge in [-0.2, -0.15) is 5.26 Å². The molecule has 140 valence electrons. The number of pyridine rings is 1. The van der Waals surface area contributed by atoms with Gasteiger partial charge in [0.15, 0.2) is 0 Å². The third-order valence-corrected chi connectivity index (χ3v) is 3.93. The fraction of sp³-hybridized carbons (Fsp3) is 0.0952. The summed E-state index contributed by atoms with van der Waals surface area (Å²) in [6.07, 6.45) is 1.56. The zero-order valence-electron chi connectivity index (χ0n) is 15.4. The van der Waals surface area contributed by atoms with Gasteiger partial charge in [-0.15, -0.1) is 0 Å². The van der Waals surface area contributed by atoms with E-state index in [2.05, 4.69) is 15.6 Å². The van der Waals surface area contributed by atoms with E-state index >= 15 is 0 Å². The second kappa shape index (κ2) is 8.56. The Balaban J connectivity index is 1.73. The number of hydrogen-bond donors (Lipinski definition) is 2. The molecule has 1 heterocycles. The topological polar surface area (TPSA) is 96.3 Å². The molecule has 3 aromatic rings. The number of benzene rings is 2. The predicted octanol–water partition coefficient (Wildman–Crippen LogP) is 3.97. The first-order valence-electron chi connectivity index (χ1n) is 8.39. The Labute approximate surface area is 162 Å². The molecule has 1 amide bonds. The number of methoxy groups -OCH3 is 2. The van der Waals surface area contributed by atoms with Gasteiger partial charge in [0, 0.05) is 11.8 Å². The van der Waals surface area contributed by atoms with Crippen LogP contribution in [0, 0.1) is 11.3 Å². The van der Waals surface area contributed by atoms with E-state index in [0.29, 0.717) is 34.1 Å². The van der Waals surface area contributed by atoms with Gasteiger partial charge >= 0.3 is 0 Å². The average molecular weight is 374 g/mol. The van der Waals surface area contributed by atoms with E-state index in [4.69, 9.17) is 14.7 Å². The fourth-order valence-corrected chi connectivity index (χ4v) is 2.53. The Morgan fingerprint density at radius 1 is 1.04 bits per heavy atom. The first-order valence-corrected chi connectivity index (χ1v) is 8.39. The summed E-state index contributed by atoms with van der Waals surface area (Å²) >= 11 is 0.